The first-order valence-corrected chi connectivity index (χ1v) is 5.92. The number of benzene rings is 1. The number of likely N-dealkylation sites (tertiary alicyclic amines) is 1. The monoisotopic (exact) mass is 202 g/mol. The van der Waals surface area contributed by atoms with Crippen molar-refractivity contribution in [2.45, 2.75) is 31.2 Å². The summed E-state index contributed by atoms with van der Waals surface area (Å²) in [6.07, 6.45) is 4.17. The van der Waals surface area contributed by atoms with Crippen LogP contribution in [0.2, 0.25) is 0 Å². The van der Waals surface area contributed by atoms with Crippen LogP contribution in [0.3, 0.4) is 0 Å². The maximum atomic E-state index is 5.70. The molecule has 0 amide bonds. The predicted octanol–water partition coefficient (Wildman–Crippen LogP) is 2.22. The summed E-state index contributed by atoms with van der Waals surface area (Å²) in [5.41, 5.74) is 8.04. The Morgan fingerprint density at radius 3 is 2.47 bits per heavy atom. The molecule has 2 N–H and O–H groups in total. The quantitative estimate of drug-likeness (QED) is 0.745. The molecule has 0 bridgehead atoms. The number of rotatable bonds is 2. The third-order valence-corrected chi connectivity index (χ3v) is 3.69. The molecule has 1 saturated carbocycles. The number of nitrogens with zero attached hydrogens (tertiary/aromatic N) is 1. The first-order valence-electron chi connectivity index (χ1n) is 5.92. The van der Waals surface area contributed by atoms with Crippen LogP contribution >= 0.6 is 0 Å². The van der Waals surface area contributed by atoms with Crippen molar-refractivity contribution in [2.75, 3.05) is 18.8 Å². The van der Waals surface area contributed by atoms with Crippen molar-refractivity contribution >= 4 is 5.69 Å². The summed E-state index contributed by atoms with van der Waals surface area (Å²) in [6, 6.07) is 9.35. The minimum absolute atomic E-state index is 0.742. The van der Waals surface area contributed by atoms with Crippen LogP contribution in [0.5, 0.6) is 0 Å². The summed E-state index contributed by atoms with van der Waals surface area (Å²) in [7, 11) is 0. The molecule has 15 heavy (non-hydrogen) atoms. The van der Waals surface area contributed by atoms with Crippen LogP contribution in [0.4, 0.5) is 5.69 Å². The molecule has 1 aliphatic heterocycles. The van der Waals surface area contributed by atoms with E-state index in [1.165, 1.54) is 37.9 Å². The van der Waals surface area contributed by atoms with Gasteiger partial charge in [0, 0.05) is 18.3 Å². The molecule has 3 rings (SSSR count). The SMILES string of the molecule is Nc1ccc(C2CCN(C3CC3)C2)cc1. The zero-order valence-corrected chi connectivity index (χ0v) is 9.02. The molecule has 1 heterocycles. The topological polar surface area (TPSA) is 29.3 Å². The average molecular weight is 202 g/mol. The van der Waals surface area contributed by atoms with E-state index in [9.17, 15) is 0 Å². The summed E-state index contributed by atoms with van der Waals surface area (Å²) < 4.78 is 0. The van der Waals surface area contributed by atoms with Gasteiger partial charge in [-0.15, -0.1) is 0 Å². The van der Waals surface area contributed by atoms with Gasteiger partial charge < -0.3 is 5.73 Å². The van der Waals surface area contributed by atoms with Crippen molar-refractivity contribution in [3.05, 3.63) is 29.8 Å². The predicted molar refractivity (Wildman–Crippen MR) is 62.8 cm³/mol. The van der Waals surface area contributed by atoms with Crippen molar-refractivity contribution in [1.82, 2.24) is 4.90 Å². The van der Waals surface area contributed by atoms with Crippen LogP contribution < -0.4 is 5.73 Å². The van der Waals surface area contributed by atoms with E-state index in [0.29, 0.717) is 0 Å². The molecule has 1 aromatic rings. The molecule has 1 aromatic carbocycles. The number of nitrogen functional groups attached to an aromatic ring is 1. The third-order valence-electron chi connectivity index (χ3n) is 3.69. The van der Waals surface area contributed by atoms with Crippen molar-refractivity contribution in [2.24, 2.45) is 0 Å². The highest BCUT2D eigenvalue weighted by atomic mass is 15.2. The minimum atomic E-state index is 0.742. The van der Waals surface area contributed by atoms with Gasteiger partial charge in [-0.3, -0.25) is 4.90 Å². The van der Waals surface area contributed by atoms with Gasteiger partial charge in [0.15, 0.2) is 0 Å². The van der Waals surface area contributed by atoms with Gasteiger partial charge in [-0.25, -0.2) is 0 Å². The number of anilines is 1. The van der Waals surface area contributed by atoms with Crippen LogP contribution in [0.15, 0.2) is 24.3 Å². The lowest BCUT2D eigenvalue weighted by atomic mass is 9.98. The fourth-order valence-corrected chi connectivity index (χ4v) is 2.60. The van der Waals surface area contributed by atoms with Gasteiger partial charge in [-0.1, -0.05) is 12.1 Å². The second-order valence-corrected chi connectivity index (χ2v) is 4.88. The minimum Gasteiger partial charge on any atom is -0.399 e. The second kappa shape index (κ2) is 3.53. The Balaban J connectivity index is 1.70. The largest absolute Gasteiger partial charge is 0.399 e. The van der Waals surface area contributed by atoms with E-state index in [0.717, 1.165) is 17.6 Å². The highest BCUT2D eigenvalue weighted by molar-refractivity contribution is 5.40. The summed E-state index contributed by atoms with van der Waals surface area (Å²) in [5.74, 6) is 0.742. The van der Waals surface area contributed by atoms with Gasteiger partial charge in [0.25, 0.3) is 0 Å². The van der Waals surface area contributed by atoms with Gasteiger partial charge in [-0.2, -0.15) is 0 Å². The van der Waals surface area contributed by atoms with E-state index in [4.69, 9.17) is 5.73 Å². The normalized spacial score (nSPS) is 27.1. The number of hydrogen-bond acceptors (Lipinski definition) is 2. The van der Waals surface area contributed by atoms with Crippen LogP contribution in [-0.4, -0.2) is 24.0 Å². The first-order chi connectivity index (χ1) is 7.33. The van der Waals surface area contributed by atoms with E-state index in [1.807, 2.05) is 12.1 Å². The van der Waals surface area contributed by atoms with Gasteiger partial charge in [-0.05, 0) is 49.4 Å². The lowest BCUT2D eigenvalue weighted by Gasteiger charge is -2.14. The highest BCUT2D eigenvalue weighted by Crippen LogP contribution is 2.35. The Hall–Kier alpha value is -1.02. The van der Waals surface area contributed by atoms with Crippen LogP contribution in [0.1, 0.15) is 30.7 Å². The van der Waals surface area contributed by atoms with Gasteiger partial charge >= 0.3 is 0 Å². The van der Waals surface area contributed by atoms with E-state index in [2.05, 4.69) is 17.0 Å². The van der Waals surface area contributed by atoms with Crippen molar-refractivity contribution in [1.29, 1.82) is 0 Å². The van der Waals surface area contributed by atoms with E-state index >= 15 is 0 Å². The smallest absolute Gasteiger partial charge is 0.0314 e. The highest BCUT2D eigenvalue weighted by Gasteiger charge is 2.34. The van der Waals surface area contributed by atoms with Gasteiger partial charge in [0.05, 0.1) is 0 Å². The molecule has 1 unspecified atom stereocenters. The Bertz CT molecular complexity index is 340. The summed E-state index contributed by atoms with van der Waals surface area (Å²) in [5, 5.41) is 0. The lowest BCUT2D eigenvalue weighted by Crippen LogP contribution is -2.22. The Labute approximate surface area is 91.1 Å². The van der Waals surface area contributed by atoms with E-state index in [-0.39, 0.29) is 0 Å². The third kappa shape index (κ3) is 1.86. The molecule has 80 valence electrons. The van der Waals surface area contributed by atoms with Crippen LogP contribution in [-0.2, 0) is 0 Å². The Kier molecular flexibility index (Phi) is 2.17. The molecule has 1 atom stereocenters. The maximum Gasteiger partial charge on any atom is 0.0314 e. The van der Waals surface area contributed by atoms with E-state index in [1.54, 1.807) is 0 Å². The van der Waals surface area contributed by atoms with Crippen LogP contribution in [0.25, 0.3) is 0 Å². The molecule has 1 aliphatic carbocycles. The van der Waals surface area contributed by atoms with Crippen molar-refractivity contribution in [3.63, 3.8) is 0 Å². The fourth-order valence-electron chi connectivity index (χ4n) is 2.60. The average Bonchev–Trinajstić information content (AvgIpc) is 2.99. The summed E-state index contributed by atoms with van der Waals surface area (Å²) in [4.78, 5) is 2.65. The summed E-state index contributed by atoms with van der Waals surface area (Å²) >= 11 is 0. The van der Waals surface area contributed by atoms with Crippen molar-refractivity contribution in [3.8, 4) is 0 Å². The molecule has 0 radical (unpaired) electrons. The molecule has 2 nitrogen and oxygen atoms in total. The Morgan fingerprint density at radius 2 is 1.80 bits per heavy atom. The van der Waals surface area contributed by atoms with E-state index < -0.39 is 0 Å². The number of nitrogens with two attached hydrogens (primary N) is 1. The molecule has 2 fully saturated rings. The van der Waals surface area contributed by atoms with Crippen molar-refractivity contribution < 1.29 is 0 Å². The lowest BCUT2D eigenvalue weighted by molar-refractivity contribution is 0.324. The molecule has 2 heteroatoms. The maximum absolute atomic E-state index is 5.70. The number of hydrogen-bond donors (Lipinski definition) is 1. The molecule has 2 aliphatic rings. The van der Waals surface area contributed by atoms with Crippen LogP contribution in [0, 0.1) is 0 Å². The zero-order chi connectivity index (χ0) is 10.3. The zero-order valence-electron chi connectivity index (χ0n) is 9.02. The second-order valence-electron chi connectivity index (χ2n) is 4.88. The standard InChI is InChI=1S/C13H18N2/c14-12-3-1-10(2-4-12)11-7-8-15(9-11)13-5-6-13/h1-4,11,13H,5-9,14H2. The first kappa shape index (κ1) is 9.22. The fraction of sp³-hybridized carbons (Fsp3) is 0.538. The Morgan fingerprint density at radius 1 is 1.07 bits per heavy atom. The van der Waals surface area contributed by atoms with Gasteiger partial charge in [0.1, 0.15) is 0 Å². The molecular weight excluding hydrogens is 184 g/mol. The molecular formula is C13H18N2. The summed E-state index contributed by atoms with van der Waals surface area (Å²) in [6.45, 7) is 2.55. The van der Waals surface area contributed by atoms with Gasteiger partial charge in [0.2, 0.25) is 0 Å². The molecule has 0 spiro atoms. The molecule has 1 saturated heterocycles. The molecule has 0 aromatic heterocycles.